The molecule has 0 bridgehead atoms. The number of ether oxygens (including phenoxy) is 1. The number of hydrogen-bond donors (Lipinski definition) is 1. The average molecular weight is 359 g/mol. The largest absolute Gasteiger partial charge is 0.469 e. The van der Waals surface area contributed by atoms with Gasteiger partial charge in [0, 0.05) is 13.6 Å². The van der Waals surface area contributed by atoms with Gasteiger partial charge in [0.05, 0.1) is 29.3 Å². The fourth-order valence-corrected chi connectivity index (χ4v) is 2.70. The van der Waals surface area contributed by atoms with E-state index >= 15 is 0 Å². The van der Waals surface area contributed by atoms with Crippen LogP contribution in [0.15, 0.2) is 12.1 Å². The highest BCUT2D eigenvalue weighted by molar-refractivity contribution is 7.90. The van der Waals surface area contributed by atoms with E-state index in [2.05, 4.69) is 9.46 Å². The molecule has 118 valence electrons. The first kappa shape index (κ1) is 18.0. The summed E-state index contributed by atoms with van der Waals surface area (Å²) in [7, 11) is -1.45. The summed E-state index contributed by atoms with van der Waals surface area (Å²) in [6.45, 7) is -0.0787. The summed E-state index contributed by atoms with van der Waals surface area (Å²) in [6, 6.07) is 2.18. The van der Waals surface area contributed by atoms with Gasteiger partial charge in [0.25, 0.3) is 0 Å². The van der Waals surface area contributed by atoms with Crippen molar-refractivity contribution in [3.8, 4) is 0 Å². The molecular weight excluding hydrogens is 346 g/mol. The van der Waals surface area contributed by atoms with Gasteiger partial charge in [-0.05, 0) is 12.1 Å². The number of nitrogens with zero attached hydrogens (tertiary/aromatic N) is 1. The van der Waals surface area contributed by atoms with Crippen LogP contribution in [0.2, 0.25) is 10.0 Å². The third-order valence-corrected chi connectivity index (χ3v) is 4.55. The molecule has 0 atom stereocenters. The second-order valence-corrected chi connectivity index (χ2v) is 6.60. The van der Waals surface area contributed by atoms with E-state index in [1.807, 2.05) is 0 Å². The van der Waals surface area contributed by atoms with Crippen LogP contribution in [0.1, 0.15) is 6.42 Å². The lowest BCUT2D eigenvalue weighted by Crippen LogP contribution is -2.34. The lowest BCUT2D eigenvalue weighted by molar-refractivity contribution is -0.140. The van der Waals surface area contributed by atoms with Gasteiger partial charge in [-0.25, -0.2) is 4.39 Å². The second-order valence-electron chi connectivity index (χ2n) is 4.01. The van der Waals surface area contributed by atoms with Crippen molar-refractivity contribution in [1.82, 2.24) is 4.31 Å². The van der Waals surface area contributed by atoms with Crippen LogP contribution in [-0.2, 0) is 19.7 Å². The van der Waals surface area contributed by atoms with Gasteiger partial charge >= 0.3 is 16.2 Å². The standard InChI is InChI=1S/C11H13Cl2FN2O4S/c1-16(4-3-10(17)20-2)21(18,19)15-7-5-8(12)11(14)9(13)6-7/h5-6,15H,3-4H2,1-2H3. The smallest absolute Gasteiger partial charge is 0.306 e. The molecule has 10 heteroatoms. The molecule has 0 aliphatic heterocycles. The normalized spacial score (nSPS) is 11.5. The van der Waals surface area contributed by atoms with Crippen molar-refractivity contribution < 1.29 is 22.3 Å². The van der Waals surface area contributed by atoms with Crippen LogP contribution in [-0.4, -0.2) is 39.4 Å². The van der Waals surface area contributed by atoms with E-state index in [0.29, 0.717) is 0 Å². The number of benzene rings is 1. The molecule has 0 saturated carbocycles. The van der Waals surface area contributed by atoms with Crippen LogP contribution >= 0.6 is 23.2 Å². The molecule has 0 unspecified atom stereocenters. The maximum absolute atomic E-state index is 13.2. The summed E-state index contributed by atoms with van der Waals surface area (Å²) < 4.78 is 44.7. The average Bonchev–Trinajstić information content (AvgIpc) is 2.40. The molecule has 0 amide bonds. The van der Waals surface area contributed by atoms with Crippen LogP contribution in [0.5, 0.6) is 0 Å². The Kier molecular flexibility index (Phi) is 6.21. The number of carbonyl (C=O) groups is 1. The first-order valence-electron chi connectivity index (χ1n) is 5.63. The third kappa shape index (κ3) is 4.99. The Balaban J connectivity index is 2.83. The van der Waals surface area contributed by atoms with Crippen molar-refractivity contribution in [2.24, 2.45) is 0 Å². The molecule has 0 saturated heterocycles. The minimum absolute atomic E-state index is 0.0105. The highest BCUT2D eigenvalue weighted by Crippen LogP contribution is 2.28. The minimum atomic E-state index is -3.93. The molecule has 1 aromatic rings. The van der Waals surface area contributed by atoms with E-state index in [0.717, 1.165) is 16.4 Å². The van der Waals surface area contributed by atoms with E-state index in [4.69, 9.17) is 23.2 Å². The van der Waals surface area contributed by atoms with E-state index in [9.17, 15) is 17.6 Å². The number of nitrogens with one attached hydrogen (secondary N) is 1. The number of methoxy groups -OCH3 is 1. The predicted molar refractivity (Wildman–Crippen MR) is 78.2 cm³/mol. The number of hydrogen-bond acceptors (Lipinski definition) is 4. The Labute approximate surface area is 132 Å². The molecule has 1 N–H and O–H groups in total. The van der Waals surface area contributed by atoms with Crippen LogP contribution < -0.4 is 4.72 Å². The first-order valence-corrected chi connectivity index (χ1v) is 7.82. The Morgan fingerprint density at radius 1 is 1.38 bits per heavy atom. The van der Waals surface area contributed by atoms with Gasteiger partial charge in [0.1, 0.15) is 0 Å². The van der Waals surface area contributed by atoms with Crippen LogP contribution in [0.25, 0.3) is 0 Å². The molecule has 1 aromatic carbocycles. The molecule has 0 aromatic heterocycles. The Hall–Kier alpha value is -1.09. The fraction of sp³-hybridized carbons (Fsp3) is 0.364. The highest BCUT2D eigenvalue weighted by Gasteiger charge is 2.20. The Morgan fingerprint density at radius 2 is 1.90 bits per heavy atom. The molecule has 1 rings (SSSR count). The maximum Gasteiger partial charge on any atom is 0.306 e. The highest BCUT2D eigenvalue weighted by atomic mass is 35.5. The van der Waals surface area contributed by atoms with Crippen molar-refractivity contribution >= 4 is 45.1 Å². The minimum Gasteiger partial charge on any atom is -0.469 e. The van der Waals surface area contributed by atoms with Crippen molar-refractivity contribution in [2.45, 2.75) is 6.42 Å². The lowest BCUT2D eigenvalue weighted by Gasteiger charge is -2.18. The van der Waals surface area contributed by atoms with Gasteiger partial charge in [-0.1, -0.05) is 23.2 Å². The summed E-state index contributed by atoms with van der Waals surface area (Å²) in [5.74, 6) is -1.37. The molecule has 0 fully saturated rings. The molecule has 0 radical (unpaired) electrons. The van der Waals surface area contributed by atoms with Gasteiger partial charge in [-0.2, -0.15) is 12.7 Å². The van der Waals surface area contributed by atoms with Crippen molar-refractivity contribution in [1.29, 1.82) is 0 Å². The van der Waals surface area contributed by atoms with Gasteiger partial charge < -0.3 is 4.74 Å². The zero-order chi connectivity index (χ0) is 16.2. The van der Waals surface area contributed by atoms with Gasteiger partial charge in [0.2, 0.25) is 0 Å². The van der Waals surface area contributed by atoms with Crippen molar-refractivity contribution in [3.05, 3.63) is 28.0 Å². The van der Waals surface area contributed by atoms with Crippen molar-refractivity contribution in [2.75, 3.05) is 25.4 Å². The number of carbonyl (C=O) groups excluding carboxylic acids is 1. The van der Waals surface area contributed by atoms with Crippen LogP contribution in [0, 0.1) is 5.82 Å². The summed E-state index contributed by atoms with van der Waals surface area (Å²) in [5, 5.41) is -0.616. The Bertz CT molecular complexity index is 616. The lowest BCUT2D eigenvalue weighted by atomic mass is 10.3. The number of esters is 1. The van der Waals surface area contributed by atoms with Crippen LogP contribution in [0.3, 0.4) is 0 Å². The summed E-state index contributed by atoms with van der Waals surface area (Å²) in [6.07, 6.45) is -0.0984. The first-order chi connectivity index (χ1) is 9.67. The van der Waals surface area contributed by atoms with Gasteiger partial charge in [-0.3, -0.25) is 9.52 Å². The monoisotopic (exact) mass is 358 g/mol. The van der Waals surface area contributed by atoms with Crippen molar-refractivity contribution in [3.63, 3.8) is 0 Å². The summed E-state index contributed by atoms with van der Waals surface area (Å²) in [4.78, 5) is 11.0. The Morgan fingerprint density at radius 3 is 2.38 bits per heavy atom. The molecule has 0 heterocycles. The molecule has 0 aliphatic carbocycles. The SMILES string of the molecule is COC(=O)CCN(C)S(=O)(=O)Nc1cc(Cl)c(F)c(Cl)c1. The van der Waals surface area contributed by atoms with Gasteiger partial charge in [-0.15, -0.1) is 0 Å². The van der Waals surface area contributed by atoms with E-state index in [-0.39, 0.29) is 28.7 Å². The number of halogens is 3. The predicted octanol–water partition coefficient (Wildman–Crippen LogP) is 2.28. The molecule has 0 aliphatic rings. The van der Waals surface area contributed by atoms with Crippen LogP contribution in [0.4, 0.5) is 10.1 Å². The summed E-state index contributed by atoms with van der Waals surface area (Å²) >= 11 is 11.2. The quantitative estimate of drug-likeness (QED) is 0.625. The molecular formula is C11H13Cl2FN2O4S. The third-order valence-electron chi connectivity index (χ3n) is 2.50. The number of anilines is 1. The number of rotatable bonds is 6. The van der Waals surface area contributed by atoms with E-state index < -0.39 is 22.0 Å². The van der Waals surface area contributed by atoms with Gasteiger partial charge in [0.15, 0.2) is 5.82 Å². The van der Waals surface area contributed by atoms with E-state index in [1.54, 1.807) is 0 Å². The molecule has 6 nitrogen and oxygen atoms in total. The zero-order valence-electron chi connectivity index (χ0n) is 11.2. The second kappa shape index (κ2) is 7.26. The summed E-state index contributed by atoms with van der Waals surface area (Å²) in [5.41, 5.74) is 0.0105. The maximum atomic E-state index is 13.2. The topological polar surface area (TPSA) is 75.7 Å². The molecule has 0 spiro atoms. The van der Waals surface area contributed by atoms with E-state index in [1.165, 1.54) is 14.2 Å². The zero-order valence-corrected chi connectivity index (χ0v) is 13.5. The molecule has 21 heavy (non-hydrogen) atoms. The fourth-order valence-electron chi connectivity index (χ4n) is 1.31.